The number of hydrogen-bond acceptors (Lipinski definition) is 4. The van der Waals surface area contributed by atoms with E-state index in [1.165, 1.54) is 12.1 Å². The van der Waals surface area contributed by atoms with Crippen LogP contribution in [-0.2, 0) is 19.1 Å². The highest BCUT2D eigenvalue weighted by atomic mass is 127. The molecule has 6 nitrogen and oxygen atoms in total. The summed E-state index contributed by atoms with van der Waals surface area (Å²) in [5.41, 5.74) is 0.994. The van der Waals surface area contributed by atoms with Crippen LogP contribution in [0.5, 0.6) is 17.2 Å². The van der Waals surface area contributed by atoms with Gasteiger partial charge in [-0.1, -0.05) is 12.1 Å². The van der Waals surface area contributed by atoms with E-state index in [4.69, 9.17) is 14.2 Å². The van der Waals surface area contributed by atoms with Gasteiger partial charge in [0.1, 0.15) is 5.75 Å². The molecule has 0 amide bonds. The minimum atomic E-state index is -4.33. The fourth-order valence-electron chi connectivity index (χ4n) is 2.82. The molecule has 172 valence electrons. The molecule has 0 unspecified atom stereocenters. The molecule has 0 radical (unpaired) electrons. The number of hydrogen-bond donors (Lipinski definition) is 2. The Morgan fingerprint density at radius 2 is 1.48 bits per heavy atom. The van der Waals surface area contributed by atoms with Gasteiger partial charge in [0.2, 0.25) is 0 Å². The van der Waals surface area contributed by atoms with Crippen molar-refractivity contribution in [2.24, 2.45) is 4.99 Å². The number of methoxy groups -OCH3 is 3. The lowest BCUT2D eigenvalue weighted by molar-refractivity contribution is -0.137. The van der Waals surface area contributed by atoms with Gasteiger partial charge < -0.3 is 24.8 Å². The van der Waals surface area contributed by atoms with E-state index in [1.807, 2.05) is 6.07 Å². The fraction of sp³-hybridized carbons (Fsp3) is 0.381. The van der Waals surface area contributed by atoms with Crippen molar-refractivity contribution < 1.29 is 27.4 Å². The highest BCUT2D eigenvalue weighted by Gasteiger charge is 2.29. The molecule has 0 heterocycles. The predicted octanol–water partition coefficient (Wildman–Crippen LogP) is 4.26. The first-order valence-corrected chi connectivity index (χ1v) is 9.22. The molecule has 0 aliphatic heterocycles. The summed E-state index contributed by atoms with van der Waals surface area (Å²) in [6.45, 7) is 0.928. The Balaban J connectivity index is 0.00000480. The molecule has 0 fully saturated rings. The topological polar surface area (TPSA) is 64.1 Å². The molecule has 2 rings (SSSR count). The normalized spacial score (nSPS) is 11.4. The Hall–Kier alpha value is -2.37. The highest BCUT2D eigenvalue weighted by Crippen LogP contribution is 2.34. The smallest absolute Gasteiger partial charge is 0.416 e. The number of rotatable bonds is 8. The third-order valence-corrected chi connectivity index (χ3v) is 4.44. The number of nitrogens with zero attached hydrogens (tertiary/aromatic N) is 1. The van der Waals surface area contributed by atoms with Crippen molar-refractivity contribution in [2.45, 2.75) is 19.1 Å². The Kier molecular flexibility index (Phi) is 10.7. The SMILES string of the molecule is CN=C(NCCc1ccc(C(F)(F)F)cc1)NCc1cc(OC)c(OC)cc1OC.I. The van der Waals surface area contributed by atoms with Crippen LogP contribution >= 0.6 is 24.0 Å². The van der Waals surface area contributed by atoms with Crippen LogP contribution in [0.15, 0.2) is 41.4 Å². The number of nitrogens with one attached hydrogen (secondary N) is 2. The second-order valence-corrected chi connectivity index (χ2v) is 6.32. The van der Waals surface area contributed by atoms with E-state index in [1.54, 1.807) is 34.4 Å². The molecule has 10 heteroatoms. The molecule has 0 saturated heterocycles. The van der Waals surface area contributed by atoms with Crippen molar-refractivity contribution in [1.29, 1.82) is 0 Å². The predicted molar refractivity (Wildman–Crippen MR) is 125 cm³/mol. The average Bonchev–Trinajstić information content (AvgIpc) is 2.75. The van der Waals surface area contributed by atoms with Gasteiger partial charge in [0.25, 0.3) is 0 Å². The van der Waals surface area contributed by atoms with E-state index in [-0.39, 0.29) is 24.0 Å². The average molecular weight is 553 g/mol. The van der Waals surface area contributed by atoms with Crippen molar-refractivity contribution in [1.82, 2.24) is 10.6 Å². The molecular weight excluding hydrogens is 526 g/mol. The Bertz CT molecular complexity index is 859. The van der Waals surface area contributed by atoms with Crippen LogP contribution in [0.25, 0.3) is 0 Å². The maximum Gasteiger partial charge on any atom is 0.416 e. The van der Waals surface area contributed by atoms with Crippen molar-refractivity contribution in [3.63, 3.8) is 0 Å². The van der Waals surface area contributed by atoms with Crippen molar-refractivity contribution in [3.8, 4) is 17.2 Å². The summed E-state index contributed by atoms with van der Waals surface area (Å²) in [4.78, 5) is 4.16. The van der Waals surface area contributed by atoms with Crippen LogP contribution in [0.4, 0.5) is 13.2 Å². The quantitative estimate of drug-likeness (QED) is 0.291. The largest absolute Gasteiger partial charge is 0.496 e. The van der Waals surface area contributed by atoms with Gasteiger partial charge in [0.05, 0.1) is 26.9 Å². The number of halogens is 4. The Morgan fingerprint density at radius 3 is 2.00 bits per heavy atom. The number of aliphatic imine (C=N–C) groups is 1. The first kappa shape index (κ1) is 26.7. The Labute approximate surface area is 197 Å². The van der Waals surface area contributed by atoms with Crippen LogP contribution in [0.2, 0.25) is 0 Å². The molecule has 0 spiro atoms. The van der Waals surface area contributed by atoms with Crippen LogP contribution in [0.3, 0.4) is 0 Å². The summed E-state index contributed by atoms with van der Waals surface area (Å²) in [6.07, 6.45) is -3.77. The van der Waals surface area contributed by atoms with Crippen LogP contribution in [0.1, 0.15) is 16.7 Å². The van der Waals surface area contributed by atoms with Crippen LogP contribution in [0, 0.1) is 0 Å². The lowest BCUT2D eigenvalue weighted by atomic mass is 10.1. The highest BCUT2D eigenvalue weighted by molar-refractivity contribution is 14.0. The summed E-state index contributed by atoms with van der Waals surface area (Å²) in [5, 5.41) is 6.32. The number of guanidine groups is 1. The minimum Gasteiger partial charge on any atom is -0.496 e. The zero-order valence-corrected chi connectivity index (χ0v) is 20.1. The van der Waals surface area contributed by atoms with Crippen molar-refractivity contribution in [2.75, 3.05) is 34.9 Å². The van der Waals surface area contributed by atoms with Gasteiger partial charge >= 0.3 is 6.18 Å². The molecule has 31 heavy (non-hydrogen) atoms. The molecule has 0 aliphatic carbocycles. The molecular formula is C21H27F3IN3O3. The molecule has 2 N–H and O–H groups in total. The molecule has 0 aromatic heterocycles. The summed E-state index contributed by atoms with van der Waals surface area (Å²) in [7, 11) is 6.32. The third-order valence-electron chi connectivity index (χ3n) is 4.44. The van der Waals surface area contributed by atoms with Crippen molar-refractivity contribution >= 4 is 29.9 Å². The molecule has 0 aliphatic rings. The van der Waals surface area contributed by atoms with Gasteiger partial charge in [0.15, 0.2) is 17.5 Å². The minimum absolute atomic E-state index is 0. The van der Waals surface area contributed by atoms with E-state index >= 15 is 0 Å². The maximum atomic E-state index is 12.6. The summed E-state index contributed by atoms with van der Waals surface area (Å²) < 4.78 is 53.9. The number of alkyl halides is 3. The van der Waals surface area contributed by atoms with Gasteiger partial charge in [-0.2, -0.15) is 13.2 Å². The number of benzene rings is 2. The summed E-state index contributed by atoms with van der Waals surface area (Å²) in [5.74, 6) is 2.34. The second-order valence-electron chi connectivity index (χ2n) is 6.32. The van der Waals surface area contributed by atoms with E-state index < -0.39 is 11.7 Å². The van der Waals surface area contributed by atoms with E-state index in [0.717, 1.165) is 23.3 Å². The van der Waals surface area contributed by atoms with Gasteiger partial charge in [-0.05, 0) is 30.2 Å². The first-order chi connectivity index (χ1) is 14.3. The fourth-order valence-corrected chi connectivity index (χ4v) is 2.82. The van der Waals surface area contributed by atoms with E-state index in [9.17, 15) is 13.2 Å². The second kappa shape index (κ2) is 12.5. The lowest BCUT2D eigenvalue weighted by Crippen LogP contribution is -2.37. The van der Waals surface area contributed by atoms with Gasteiger partial charge in [0, 0.05) is 31.8 Å². The molecule has 2 aromatic rings. The number of ether oxygens (including phenoxy) is 3. The third kappa shape index (κ3) is 7.67. The van der Waals surface area contributed by atoms with Gasteiger partial charge in [-0.3, -0.25) is 4.99 Å². The van der Waals surface area contributed by atoms with Gasteiger partial charge in [-0.15, -0.1) is 24.0 Å². The summed E-state index contributed by atoms with van der Waals surface area (Å²) >= 11 is 0. The molecule has 0 bridgehead atoms. The maximum absolute atomic E-state index is 12.6. The van der Waals surface area contributed by atoms with E-state index in [2.05, 4.69) is 15.6 Å². The van der Waals surface area contributed by atoms with Crippen LogP contribution < -0.4 is 24.8 Å². The Morgan fingerprint density at radius 1 is 0.903 bits per heavy atom. The molecule has 0 atom stereocenters. The molecule has 0 saturated carbocycles. The zero-order valence-electron chi connectivity index (χ0n) is 17.8. The van der Waals surface area contributed by atoms with Crippen LogP contribution in [-0.4, -0.2) is 40.9 Å². The zero-order chi connectivity index (χ0) is 22.1. The van der Waals surface area contributed by atoms with Gasteiger partial charge in [-0.25, -0.2) is 0 Å². The van der Waals surface area contributed by atoms with E-state index in [0.29, 0.717) is 42.7 Å². The lowest BCUT2D eigenvalue weighted by Gasteiger charge is -2.16. The monoisotopic (exact) mass is 553 g/mol. The standard InChI is InChI=1S/C21H26F3N3O3.HI/c1-25-20(26-10-9-14-5-7-16(8-6-14)21(22,23)24)27-13-15-11-18(29-3)19(30-4)12-17(15)28-2;/h5-8,11-12H,9-10,13H2,1-4H3,(H2,25,26,27);1H. The molecule has 2 aromatic carbocycles. The first-order valence-electron chi connectivity index (χ1n) is 9.22. The summed E-state index contributed by atoms with van der Waals surface area (Å²) in [6, 6.07) is 8.71. The van der Waals surface area contributed by atoms with Crippen molar-refractivity contribution in [3.05, 3.63) is 53.1 Å².